The van der Waals surface area contributed by atoms with Crippen molar-refractivity contribution < 1.29 is 4.74 Å². The standard InChI is InChI=1S/C36H48ClN7OS/c1-27-5-7-28(8-6-27)24-41-14-9-29(10-15-41)25-42-18-20-43(21-19-42)30-3-2-4-31(33(30)37)46-35-34(38)40-32(23-39-35)44-16-11-36(12-17-44)13-22-45-26-36/h2-8,23,29H,9-22,24-26H2,1H3,(H2,38,40). The highest BCUT2D eigenvalue weighted by molar-refractivity contribution is 7.99. The number of piperazine rings is 1. The van der Waals surface area contributed by atoms with Gasteiger partial charge in [-0.3, -0.25) is 9.80 Å². The van der Waals surface area contributed by atoms with Gasteiger partial charge in [-0.1, -0.05) is 59.3 Å². The summed E-state index contributed by atoms with van der Waals surface area (Å²) >= 11 is 8.55. The SMILES string of the molecule is Cc1ccc(CN2CCC(CN3CCN(c4cccc(Sc5ncc(N6CCC7(CCOC7)CC6)nc5N)c4Cl)CC3)CC2)cc1. The van der Waals surface area contributed by atoms with E-state index in [-0.39, 0.29) is 0 Å². The van der Waals surface area contributed by atoms with Crippen LogP contribution in [0.15, 0.2) is 58.6 Å². The van der Waals surface area contributed by atoms with Crippen molar-refractivity contribution in [1.82, 2.24) is 19.8 Å². The van der Waals surface area contributed by atoms with Crippen molar-refractivity contribution >= 4 is 40.7 Å². The maximum Gasteiger partial charge on any atom is 0.158 e. The Labute approximate surface area is 283 Å². The molecule has 0 atom stereocenters. The predicted octanol–water partition coefficient (Wildman–Crippen LogP) is 6.21. The summed E-state index contributed by atoms with van der Waals surface area (Å²) in [4.78, 5) is 20.5. The Bertz CT molecular complexity index is 1460. The Kier molecular flexibility index (Phi) is 9.94. The van der Waals surface area contributed by atoms with Crippen molar-refractivity contribution in [3.63, 3.8) is 0 Å². The van der Waals surface area contributed by atoms with Crippen molar-refractivity contribution in [2.24, 2.45) is 11.3 Å². The summed E-state index contributed by atoms with van der Waals surface area (Å²) in [6.07, 6.45) is 7.89. The highest BCUT2D eigenvalue weighted by Gasteiger charge is 2.38. The molecule has 5 heterocycles. The minimum atomic E-state index is 0.361. The second-order valence-electron chi connectivity index (χ2n) is 13.9. The number of aromatic nitrogens is 2. The smallest absolute Gasteiger partial charge is 0.158 e. The lowest BCUT2D eigenvalue weighted by Crippen LogP contribution is -2.49. The first-order chi connectivity index (χ1) is 22.4. The zero-order valence-corrected chi connectivity index (χ0v) is 28.7. The molecule has 0 saturated carbocycles. The van der Waals surface area contributed by atoms with Gasteiger partial charge in [-0.15, -0.1) is 0 Å². The third-order valence-electron chi connectivity index (χ3n) is 10.7. The fourth-order valence-electron chi connectivity index (χ4n) is 7.61. The van der Waals surface area contributed by atoms with Crippen molar-refractivity contribution in [2.75, 3.05) is 87.7 Å². The van der Waals surface area contributed by atoms with Crippen LogP contribution >= 0.6 is 23.4 Å². The number of benzene rings is 2. The number of hydrogen-bond acceptors (Lipinski definition) is 9. The average molecular weight is 662 g/mol. The number of nitrogens with zero attached hydrogens (tertiary/aromatic N) is 6. The predicted molar refractivity (Wildman–Crippen MR) is 189 cm³/mol. The van der Waals surface area contributed by atoms with Gasteiger partial charge in [0.25, 0.3) is 0 Å². The molecule has 1 aromatic heterocycles. The maximum absolute atomic E-state index is 7.04. The van der Waals surface area contributed by atoms with Gasteiger partial charge in [0.15, 0.2) is 5.82 Å². The number of aryl methyl sites for hydroxylation is 1. The van der Waals surface area contributed by atoms with Crippen LogP contribution < -0.4 is 15.5 Å². The van der Waals surface area contributed by atoms with Crippen molar-refractivity contribution in [3.05, 3.63) is 64.8 Å². The average Bonchev–Trinajstić information content (AvgIpc) is 3.53. The molecule has 3 aromatic rings. The molecular formula is C36H48ClN7OS. The van der Waals surface area contributed by atoms with Gasteiger partial charge in [0, 0.05) is 63.9 Å². The number of piperidine rings is 2. The Morgan fingerprint density at radius 2 is 1.67 bits per heavy atom. The van der Waals surface area contributed by atoms with Gasteiger partial charge in [0.1, 0.15) is 10.8 Å². The Morgan fingerprint density at radius 3 is 2.37 bits per heavy atom. The molecule has 2 aromatic carbocycles. The van der Waals surface area contributed by atoms with Crippen LogP contribution in [0.1, 0.15) is 43.2 Å². The molecule has 0 bridgehead atoms. The minimum absolute atomic E-state index is 0.361. The lowest BCUT2D eigenvalue weighted by Gasteiger charge is -2.40. The van der Waals surface area contributed by atoms with Crippen LogP contribution in [-0.2, 0) is 11.3 Å². The van der Waals surface area contributed by atoms with E-state index in [0.717, 1.165) is 99.2 Å². The largest absolute Gasteiger partial charge is 0.381 e. The maximum atomic E-state index is 7.04. The summed E-state index contributed by atoms with van der Waals surface area (Å²) in [6, 6.07) is 15.3. The van der Waals surface area contributed by atoms with Crippen LogP contribution in [0.25, 0.3) is 0 Å². The summed E-state index contributed by atoms with van der Waals surface area (Å²) in [5.41, 5.74) is 10.7. The Hall–Kier alpha value is -2.56. The molecular weight excluding hydrogens is 614 g/mol. The van der Waals surface area contributed by atoms with Crippen LogP contribution in [0, 0.1) is 18.3 Å². The second kappa shape index (κ2) is 14.3. The third kappa shape index (κ3) is 7.44. The zero-order valence-electron chi connectivity index (χ0n) is 27.2. The van der Waals surface area contributed by atoms with Crippen LogP contribution in [0.4, 0.5) is 17.3 Å². The monoisotopic (exact) mass is 661 g/mol. The first kappa shape index (κ1) is 32.0. The van der Waals surface area contributed by atoms with Crippen LogP contribution in [-0.4, -0.2) is 91.9 Å². The molecule has 7 rings (SSSR count). The van der Waals surface area contributed by atoms with E-state index < -0.39 is 0 Å². The van der Waals surface area contributed by atoms with Gasteiger partial charge in [-0.2, -0.15) is 0 Å². The second-order valence-corrected chi connectivity index (χ2v) is 15.3. The highest BCUT2D eigenvalue weighted by Crippen LogP contribution is 2.42. The van der Waals surface area contributed by atoms with Crippen molar-refractivity contribution in [1.29, 1.82) is 0 Å². The molecule has 4 aliphatic rings. The molecule has 4 fully saturated rings. The van der Waals surface area contributed by atoms with Gasteiger partial charge in [0.05, 0.1) is 23.5 Å². The fraction of sp³-hybridized carbons (Fsp3) is 0.556. The molecule has 4 aliphatic heterocycles. The fourth-order valence-corrected chi connectivity index (χ4v) is 8.78. The number of ether oxygens (including phenoxy) is 1. The Morgan fingerprint density at radius 1 is 0.913 bits per heavy atom. The molecule has 46 heavy (non-hydrogen) atoms. The van der Waals surface area contributed by atoms with Crippen LogP contribution in [0.2, 0.25) is 5.02 Å². The number of likely N-dealkylation sites (tertiary alicyclic amines) is 1. The molecule has 4 saturated heterocycles. The van der Waals surface area contributed by atoms with Gasteiger partial charge in [0.2, 0.25) is 0 Å². The molecule has 8 nitrogen and oxygen atoms in total. The Balaban J connectivity index is 0.891. The minimum Gasteiger partial charge on any atom is -0.381 e. The lowest BCUT2D eigenvalue weighted by atomic mass is 9.78. The zero-order chi connectivity index (χ0) is 31.5. The van der Waals surface area contributed by atoms with E-state index >= 15 is 0 Å². The molecule has 0 radical (unpaired) electrons. The highest BCUT2D eigenvalue weighted by atomic mass is 35.5. The molecule has 2 N–H and O–H groups in total. The summed E-state index contributed by atoms with van der Waals surface area (Å²) in [6.45, 7) is 14.7. The third-order valence-corrected chi connectivity index (χ3v) is 12.3. The van der Waals surface area contributed by atoms with E-state index in [1.165, 1.54) is 61.8 Å². The van der Waals surface area contributed by atoms with E-state index in [9.17, 15) is 0 Å². The van der Waals surface area contributed by atoms with E-state index in [4.69, 9.17) is 32.0 Å². The lowest BCUT2D eigenvalue weighted by molar-refractivity contribution is 0.133. The number of nitrogen functional groups attached to an aromatic ring is 1. The van der Waals surface area contributed by atoms with Crippen molar-refractivity contribution in [2.45, 2.75) is 55.5 Å². The molecule has 0 aliphatic carbocycles. The molecule has 10 heteroatoms. The van der Waals surface area contributed by atoms with E-state index in [0.29, 0.717) is 16.3 Å². The van der Waals surface area contributed by atoms with Gasteiger partial charge >= 0.3 is 0 Å². The quantitative estimate of drug-likeness (QED) is 0.303. The topological polar surface area (TPSA) is 74.0 Å². The summed E-state index contributed by atoms with van der Waals surface area (Å²) in [7, 11) is 0. The number of nitrogens with two attached hydrogens (primary N) is 1. The first-order valence-electron chi connectivity index (χ1n) is 17.1. The van der Waals surface area contributed by atoms with Crippen LogP contribution in [0.3, 0.4) is 0 Å². The number of halogens is 1. The number of hydrogen-bond donors (Lipinski definition) is 1. The first-order valence-corrected chi connectivity index (χ1v) is 18.3. The van der Waals surface area contributed by atoms with E-state index in [2.05, 4.69) is 69.0 Å². The van der Waals surface area contributed by atoms with Crippen molar-refractivity contribution in [3.8, 4) is 0 Å². The van der Waals surface area contributed by atoms with Gasteiger partial charge < -0.3 is 20.3 Å². The van der Waals surface area contributed by atoms with E-state index in [1.807, 2.05) is 6.20 Å². The molecule has 0 amide bonds. The normalized spacial score (nSPS) is 21.3. The van der Waals surface area contributed by atoms with Gasteiger partial charge in [-0.25, -0.2) is 9.97 Å². The molecule has 246 valence electrons. The van der Waals surface area contributed by atoms with Crippen LogP contribution in [0.5, 0.6) is 0 Å². The molecule has 0 unspecified atom stereocenters. The number of anilines is 3. The number of rotatable bonds is 8. The summed E-state index contributed by atoms with van der Waals surface area (Å²) in [5, 5.41) is 1.47. The summed E-state index contributed by atoms with van der Waals surface area (Å²) in [5.74, 6) is 2.11. The summed E-state index contributed by atoms with van der Waals surface area (Å²) < 4.78 is 5.69. The van der Waals surface area contributed by atoms with E-state index in [1.54, 1.807) is 0 Å². The van der Waals surface area contributed by atoms with Gasteiger partial charge in [-0.05, 0) is 81.1 Å². The molecule has 1 spiro atoms.